The number of rotatable bonds is 2. The number of aromatic amines is 2. The molecule has 0 spiro atoms. The van der Waals surface area contributed by atoms with E-state index in [9.17, 15) is 9.59 Å². The van der Waals surface area contributed by atoms with Crippen LogP contribution in [0.3, 0.4) is 0 Å². The first-order chi connectivity index (χ1) is 6.75. The Bertz CT molecular complexity index is 416. The molecule has 1 aromatic heterocycles. The smallest absolute Gasteiger partial charge is 0.342 e. The molecular formula is C8H12N4O2. The molecule has 0 aromatic carbocycles. The molecule has 0 saturated heterocycles. The minimum atomic E-state index is -0.577. The summed E-state index contributed by atoms with van der Waals surface area (Å²) in [6.45, 7) is 0. The zero-order valence-corrected chi connectivity index (χ0v) is 7.67. The zero-order valence-electron chi connectivity index (χ0n) is 7.67. The van der Waals surface area contributed by atoms with Crippen LogP contribution in [0.2, 0.25) is 0 Å². The lowest BCUT2D eigenvalue weighted by molar-refractivity contribution is 0.737. The van der Waals surface area contributed by atoms with Crippen LogP contribution in [0.25, 0.3) is 0 Å². The van der Waals surface area contributed by atoms with Gasteiger partial charge in [0.05, 0.1) is 0 Å². The molecule has 1 heterocycles. The average molecular weight is 196 g/mol. The van der Waals surface area contributed by atoms with Gasteiger partial charge >= 0.3 is 5.69 Å². The van der Waals surface area contributed by atoms with Gasteiger partial charge in [-0.2, -0.15) is 0 Å². The highest BCUT2D eigenvalue weighted by molar-refractivity contribution is 5.30. The van der Waals surface area contributed by atoms with Crippen LogP contribution in [-0.4, -0.2) is 21.2 Å². The van der Waals surface area contributed by atoms with Crippen LogP contribution in [-0.2, 0) is 0 Å². The Morgan fingerprint density at radius 3 is 2.64 bits per heavy atom. The first-order valence-electron chi connectivity index (χ1n) is 4.71. The summed E-state index contributed by atoms with van der Waals surface area (Å²) in [4.78, 5) is 24.0. The minimum absolute atomic E-state index is 0.205. The highest BCUT2D eigenvalue weighted by Gasteiger charge is 2.16. The Kier molecular flexibility index (Phi) is 2.34. The molecule has 6 heteroatoms. The molecule has 14 heavy (non-hydrogen) atoms. The Morgan fingerprint density at radius 2 is 2.00 bits per heavy atom. The summed E-state index contributed by atoms with van der Waals surface area (Å²) in [5.74, 6) is 0.205. The van der Waals surface area contributed by atoms with Gasteiger partial charge in [-0.05, 0) is 12.8 Å². The summed E-state index contributed by atoms with van der Waals surface area (Å²) in [6, 6.07) is 0.314. The molecule has 0 unspecified atom stereocenters. The van der Waals surface area contributed by atoms with Gasteiger partial charge in [0.15, 0.2) is 0 Å². The van der Waals surface area contributed by atoms with Crippen molar-refractivity contribution >= 4 is 5.82 Å². The first kappa shape index (κ1) is 8.98. The van der Waals surface area contributed by atoms with Crippen molar-refractivity contribution in [3.05, 3.63) is 20.8 Å². The number of aromatic nitrogens is 3. The van der Waals surface area contributed by atoms with Gasteiger partial charge in [0.25, 0.3) is 5.56 Å². The third-order valence-corrected chi connectivity index (χ3v) is 2.41. The monoisotopic (exact) mass is 196 g/mol. The maximum Gasteiger partial charge on any atom is 0.342 e. The van der Waals surface area contributed by atoms with Gasteiger partial charge in [-0.3, -0.25) is 9.78 Å². The number of nitrogens with zero attached hydrogens (tertiary/aromatic N) is 1. The van der Waals surface area contributed by atoms with Crippen LogP contribution >= 0.6 is 0 Å². The Balaban J connectivity index is 2.16. The molecule has 0 amide bonds. The fourth-order valence-electron chi connectivity index (χ4n) is 1.71. The lowest BCUT2D eigenvalue weighted by atomic mass is 10.2. The molecule has 0 bridgehead atoms. The van der Waals surface area contributed by atoms with Crippen LogP contribution in [0.4, 0.5) is 5.82 Å². The zero-order chi connectivity index (χ0) is 9.97. The molecule has 1 aromatic rings. The van der Waals surface area contributed by atoms with Gasteiger partial charge in [-0.15, -0.1) is 5.10 Å². The van der Waals surface area contributed by atoms with Gasteiger partial charge in [0.1, 0.15) is 0 Å². The maximum atomic E-state index is 11.2. The summed E-state index contributed by atoms with van der Waals surface area (Å²) < 4.78 is 0. The summed E-state index contributed by atoms with van der Waals surface area (Å²) in [6.07, 6.45) is 4.47. The molecule has 2 rings (SSSR count). The molecule has 1 aliphatic carbocycles. The summed E-state index contributed by atoms with van der Waals surface area (Å²) in [5.41, 5.74) is -1.03. The highest BCUT2D eigenvalue weighted by Crippen LogP contribution is 2.19. The Morgan fingerprint density at radius 1 is 1.29 bits per heavy atom. The van der Waals surface area contributed by atoms with Gasteiger partial charge in [-0.1, -0.05) is 12.8 Å². The normalized spacial score (nSPS) is 17.1. The first-order valence-corrected chi connectivity index (χ1v) is 4.71. The summed E-state index contributed by atoms with van der Waals surface area (Å²) in [7, 11) is 0. The van der Waals surface area contributed by atoms with Gasteiger partial charge in [-0.25, -0.2) is 9.89 Å². The second-order valence-electron chi connectivity index (χ2n) is 3.48. The maximum absolute atomic E-state index is 11.2. The van der Waals surface area contributed by atoms with Crippen molar-refractivity contribution in [1.82, 2.24) is 15.2 Å². The van der Waals surface area contributed by atoms with Crippen molar-refractivity contribution in [2.24, 2.45) is 0 Å². The van der Waals surface area contributed by atoms with Gasteiger partial charge < -0.3 is 5.32 Å². The topological polar surface area (TPSA) is 90.6 Å². The second-order valence-corrected chi connectivity index (χ2v) is 3.48. The van der Waals surface area contributed by atoms with Crippen molar-refractivity contribution < 1.29 is 0 Å². The summed E-state index contributed by atoms with van der Waals surface area (Å²) in [5, 5.41) is 8.85. The predicted octanol–water partition coefficient (Wildman–Crippen LogP) is -0.187. The molecule has 3 N–H and O–H groups in total. The van der Waals surface area contributed by atoms with Crippen molar-refractivity contribution in [3.63, 3.8) is 0 Å². The van der Waals surface area contributed by atoms with Crippen molar-refractivity contribution in [2.75, 3.05) is 5.32 Å². The lowest BCUT2D eigenvalue weighted by Crippen LogP contribution is -2.29. The van der Waals surface area contributed by atoms with E-state index >= 15 is 0 Å². The van der Waals surface area contributed by atoms with Crippen LogP contribution in [0.1, 0.15) is 25.7 Å². The Hall–Kier alpha value is -1.59. The average Bonchev–Trinajstić information content (AvgIpc) is 2.62. The molecule has 0 radical (unpaired) electrons. The third kappa shape index (κ3) is 1.84. The quantitative estimate of drug-likeness (QED) is 0.611. The van der Waals surface area contributed by atoms with E-state index in [4.69, 9.17) is 0 Å². The van der Waals surface area contributed by atoms with Crippen molar-refractivity contribution in [1.29, 1.82) is 0 Å². The number of hydrogen-bond donors (Lipinski definition) is 3. The predicted molar refractivity (Wildman–Crippen MR) is 51.4 cm³/mol. The number of hydrogen-bond acceptors (Lipinski definition) is 4. The van der Waals surface area contributed by atoms with Gasteiger partial charge in [0.2, 0.25) is 5.82 Å². The molecule has 0 atom stereocenters. The number of H-pyrrole nitrogens is 2. The van der Waals surface area contributed by atoms with Gasteiger partial charge in [0, 0.05) is 6.04 Å². The van der Waals surface area contributed by atoms with Crippen LogP contribution in [0.5, 0.6) is 0 Å². The van der Waals surface area contributed by atoms with Crippen LogP contribution in [0, 0.1) is 0 Å². The molecule has 1 saturated carbocycles. The molecule has 1 fully saturated rings. The number of nitrogens with one attached hydrogen (secondary N) is 3. The SMILES string of the molecule is O=c1[nH]nc(NC2CCCC2)c(=O)[nH]1. The number of anilines is 1. The molecule has 6 nitrogen and oxygen atoms in total. The fraction of sp³-hybridized carbons (Fsp3) is 0.625. The Labute approximate surface area is 79.8 Å². The lowest BCUT2D eigenvalue weighted by Gasteiger charge is -2.10. The molecule has 1 aliphatic rings. The van der Waals surface area contributed by atoms with E-state index in [0.717, 1.165) is 12.8 Å². The van der Waals surface area contributed by atoms with E-state index in [-0.39, 0.29) is 5.82 Å². The van der Waals surface area contributed by atoms with E-state index in [0.29, 0.717) is 6.04 Å². The van der Waals surface area contributed by atoms with E-state index in [2.05, 4.69) is 20.5 Å². The van der Waals surface area contributed by atoms with E-state index in [1.807, 2.05) is 0 Å². The molecule has 76 valence electrons. The van der Waals surface area contributed by atoms with Crippen LogP contribution in [0.15, 0.2) is 9.59 Å². The largest absolute Gasteiger partial charge is 0.361 e. The standard InChI is InChI=1S/C8H12N4O2/c13-7-6(11-12-8(14)10-7)9-5-3-1-2-4-5/h5H,1-4H2,(H,9,11)(H2,10,12,13,14). The van der Waals surface area contributed by atoms with Crippen LogP contribution < -0.4 is 16.6 Å². The molecular weight excluding hydrogens is 184 g/mol. The van der Waals surface area contributed by atoms with E-state index in [1.165, 1.54) is 12.8 Å². The third-order valence-electron chi connectivity index (χ3n) is 2.41. The van der Waals surface area contributed by atoms with E-state index < -0.39 is 11.2 Å². The summed E-state index contributed by atoms with van der Waals surface area (Å²) >= 11 is 0. The highest BCUT2D eigenvalue weighted by atomic mass is 16.2. The van der Waals surface area contributed by atoms with E-state index in [1.54, 1.807) is 0 Å². The second kappa shape index (κ2) is 3.65. The molecule has 0 aliphatic heterocycles. The van der Waals surface area contributed by atoms with Crippen molar-refractivity contribution in [3.8, 4) is 0 Å². The minimum Gasteiger partial charge on any atom is -0.361 e. The fourth-order valence-corrected chi connectivity index (χ4v) is 1.71. The van der Waals surface area contributed by atoms with Crippen molar-refractivity contribution in [2.45, 2.75) is 31.7 Å².